The Morgan fingerprint density at radius 3 is 2.83 bits per heavy atom. The number of hydrogen-bond acceptors (Lipinski definition) is 4. The summed E-state index contributed by atoms with van der Waals surface area (Å²) in [5.41, 5.74) is 6.13. The van der Waals surface area contributed by atoms with E-state index in [9.17, 15) is 14.7 Å². The molecule has 0 aromatic rings. The molecule has 0 radical (unpaired) electrons. The van der Waals surface area contributed by atoms with Crippen molar-refractivity contribution in [3.63, 3.8) is 0 Å². The highest BCUT2D eigenvalue weighted by molar-refractivity contribution is 5.91. The maximum atomic E-state index is 12.5. The molecule has 2 rings (SSSR count). The van der Waals surface area contributed by atoms with Crippen molar-refractivity contribution in [1.29, 1.82) is 0 Å². The van der Waals surface area contributed by atoms with Crippen LogP contribution in [0.2, 0.25) is 0 Å². The lowest BCUT2D eigenvalue weighted by Crippen LogP contribution is -2.46. The first-order chi connectivity index (χ1) is 10.7. The first-order valence-corrected chi connectivity index (χ1v) is 8.02. The quantitative estimate of drug-likeness (QED) is 0.727. The Hall–Kier alpha value is -1.82. The number of nitrogens with zero attached hydrogens (tertiary/aromatic N) is 1. The molecule has 2 atom stereocenters. The van der Waals surface area contributed by atoms with Crippen LogP contribution >= 0.6 is 0 Å². The van der Waals surface area contributed by atoms with E-state index in [1.807, 2.05) is 20.8 Å². The summed E-state index contributed by atoms with van der Waals surface area (Å²) < 4.78 is 5.65. The normalized spacial score (nSPS) is 22.5. The van der Waals surface area contributed by atoms with Gasteiger partial charge in [0.25, 0.3) is 0 Å². The standard InChI is InChI=1S/C17H26N2O4/c1-17(2,3)23-8-4-5-14(15(18)21)19-10-11-9-12(20)6-7-13(11)16(19)22/h6,9,13-14,20H,4-5,7-8,10H2,1-3H3,(H2,18,21)/t13?,14-/m0/s1. The predicted octanol–water partition coefficient (Wildman–Crippen LogP) is 1.67. The van der Waals surface area contributed by atoms with Gasteiger partial charge in [-0.1, -0.05) is 0 Å². The van der Waals surface area contributed by atoms with Crippen LogP contribution in [-0.2, 0) is 14.3 Å². The molecule has 1 saturated heterocycles. The number of aliphatic hydroxyl groups is 1. The minimum Gasteiger partial charge on any atom is -0.508 e. The number of carbonyl (C=O) groups excluding carboxylic acids is 2. The maximum Gasteiger partial charge on any atom is 0.240 e. The van der Waals surface area contributed by atoms with Gasteiger partial charge >= 0.3 is 0 Å². The number of hydrogen-bond donors (Lipinski definition) is 2. The second kappa shape index (κ2) is 6.74. The smallest absolute Gasteiger partial charge is 0.240 e. The molecule has 6 heteroatoms. The van der Waals surface area contributed by atoms with Gasteiger partial charge in [0, 0.05) is 13.2 Å². The molecule has 0 saturated carbocycles. The van der Waals surface area contributed by atoms with Gasteiger partial charge in [0.2, 0.25) is 11.8 Å². The number of ether oxygens (including phenoxy) is 1. The molecule has 1 fully saturated rings. The van der Waals surface area contributed by atoms with E-state index in [2.05, 4.69) is 0 Å². The lowest BCUT2D eigenvalue weighted by molar-refractivity contribution is -0.138. The van der Waals surface area contributed by atoms with Gasteiger partial charge in [-0.3, -0.25) is 9.59 Å². The van der Waals surface area contributed by atoms with Crippen molar-refractivity contribution in [2.24, 2.45) is 11.7 Å². The van der Waals surface area contributed by atoms with Gasteiger partial charge in [0.1, 0.15) is 11.8 Å². The summed E-state index contributed by atoms with van der Waals surface area (Å²) >= 11 is 0. The molecule has 0 aromatic heterocycles. The van der Waals surface area contributed by atoms with Crippen molar-refractivity contribution in [1.82, 2.24) is 4.90 Å². The zero-order valence-corrected chi connectivity index (χ0v) is 14.0. The van der Waals surface area contributed by atoms with Crippen molar-refractivity contribution >= 4 is 11.8 Å². The van der Waals surface area contributed by atoms with Crippen LogP contribution in [0.15, 0.2) is 23.5 Å². The zero-order valence-electron chi connectivity index (χ0n) is 14.0. The maximum absolute atomic E-state index is 12.5. The van der Waals surface area contributed by atoms with E-state index in [4.69, 9.17) is 10.5 Å². The van der Waals surface area contributed by atoms with Crippen LogP contribution < -0.4 is 5.73 Å². The molecule has 1 unspecified atom stereocenters. The van der Waals surface area contributed by atoms with Crippen LogP contribution in [0.4, 0.5) is 0 Å². The van der Waals surface area contributed by atoms with E-state index in [1.54, 1.807) is 17.1 Å². The van der Waals surface area contributed by atoms with Crippen LogP contribution in [0.5, 0.6) is 0 Å². The van der Waals surface area contributed by atoms with E-state index in [0.717, 1.165) is 5.57 Å². The van der Waals surface area contributed by atoms with Crippen molar-refractivity contribution in [3.8, 4) is 0 Å². The SMILES string of the molecule is CC(C)(C)OCCC[C@@H](C(N)=O)N1CC2=CC(O)=CCC2C1=O. The largest absolute Gasteiger partial charge is 0.508 e. The van der Waals surface area contributed by atoms with Gasteiger partial charge in [0.05, 0.1) is 11.5 Å². The Kier molecular flexibility index (Phi) is 5.14. The number of fused-ring (bicyclic) bond motifs is 1. The molecule has 23 heavy (non-hydrogen) atoms. The molecule has 0 bridgehead atoms. The minimum absolute atomic E-state index is 0.0828. The van der Waals surface area contributed by atoms with E-state index >= 15 is 0 Å². The zero-order chi connectivity index (χ0) is 17.2. The van der Waals surface area contributed by atoms with Crippen LogP contribution in [0.3, 0.4) is 0 Å². The second-order valence-corrected chi connectivity index (χ2v) is 7.12. The van der Waals surface area contributed by atoms with Gasteiger partial charge in [-0.05, 0) is 57.8 Å². The highest BCUT2D eigenvalue weighted by atomic mass is 16.5. The molecule has 2 amide bonds. The summed E-state index contributed by atoms with van der Waals surface area (Å²) in [6, 6.07) is -0.625. The molecule has 1 aliphatic carbocycles. The Morgan fingerprint density at radius 2 is 2.22 bits per heavy atom. The molecular weight excluding hydrogens is 296 g/mol. The second-order valence-electron chi connectivity index (χ2n) is 7.12. The lowest BCUT2D eigenvalue weighted by Gasteiger charge is -2.26. The molecule has 2 aliphatic rings. The van der Waals surface area contributed by atoms with Crippen molar-refractivity contribution in [2.45, 2.75) is 51.7 Å². The summed E-state index contributed by atoms with van der Waals surface area (Å²) in [5, 5.41) is 9.57. The summed E-state index contributed by atoms with van der Waals surface area (Å²) in [6.07, 6.45) is 4.86. The summed E-state index contributed by atoms with van der Waals surface area (Å²) in [7, 11) is 0. The highest BCUT2D eigenvalue weighted by Gasteiger charge is 2.41. The predicted molar refractivity (Wildman–Crippen MR) is 86.5 cm³/mol. The monoisotopic (exact) mass is 322 g/mol. The molecule has 1 aliphatic heterocycles. The number of likely N-dealkylation sites (tertiary alicyclic amines) is 1. The first kappa shape index (κ1) is 17.5. The highest BCUT2D eigenvalue weighted by Crippen LogP contribution is 2.33. The van der Waals surface area contributed by atoms with Crippen molar-refractivity contribution < 1.29 is 19.4 Å². The van der Waals surface area contributed by atoms with Crippen LogP contribution in [0, 0.1) is 5.92 Å². The van der Waals surface area contributed by atoms with Crippen LogP contribution in [0.1, 0.15) is 40.0 Å². The first-order valence-electron chi connectivity index (χ1n) is 8.02. The van der Waals surface area contributed by atoms with Gasteiger partial charge in [-0.2, -0.15) is 0 Å². The third-order valence-corrected chi connectivity index (χ3v) is 4.14. The number of rotatable bonds is 6. The fourth-order valence-electron chi connectivity index (χ4n) is 3.00. The van der Waals surface area contributed by atoms with Crippen LogP contribution in [-0.4, -0.2) is 46.6 Å². The number of aliphatic hydroxyl groups excluding tert-OH is 1. The minimum atomic E-state index is -0.625. The molecule has 128 valence electrons. The summed E-state index contributed by atoms with van der Waals surface area (Å²) in [4.78, 5) is 25.9. The number of carbonyl (C=O) groups is 2. The third-order valence-electron chi connectivity index (χ3n) is 4.14. The van der Waals surface area contributed by atoms with Crippen molar-refractivity contribution in [3.05, 3.63) is 23.5 Å². The van der Waals surface area contributed by atoms with Crippen LogP contribution in [0.25, 0.3) is 0 Å². The molecule has 0 aromatic carbocycles. The summed E-state index contributed by atoms with van der Waals surface area (Å²) in [5.74, 6) is -0.662. The fourth-order valence-corrected chi connectivity index (χ4v) is 3.00. The lowest BCUT2D eigenvalue weighted by atomic mass is 9.93. The van der Waals surface area contributed by atoms with Gasteiger partial charge in [0.15, 0.2) is 0 Å². The number of amides is 2. The van der Waals surface area contributed by atoms with Gasteiger partial charge < -0.3 is 20.5 Å². The van der Waals surface area contributed by atoms with E-state index in [0.29, 0.717) is 32.4 Å². The Labute approximate surface area is 137 Å². The Balaban J connectivity index is 1.98. The number of nitrogens with two attached hydrogens (primary N) is 1. The van der Waals surface area contributed by atoms with Gasteiger partial charge in [-0.25, -0.2) is 0 Å². The molecule has 1 heterocycles. The molecule has 3 N–H and O–H groups in total. The van der Waals surface area contributed by atoms with Gasteiger partial charge in [-0.15, -0.1) is 0 Å². The number of primary amides is 1. The molecular formula is C17H26N2O4. The topological polar surface area (TPSA) is 92.9 Å². The average molecular weight is 322 g/mol. The molecule has 0 spiro atoms. The van der Waals surface area contributed by atoms with Crippen molar-refractivity contribution in [2.75, 3.05) is 13.2 Å². The number of allylic oxidation sites excluding steroid dienone is 2. The third kappa shape index (κ3) is 4.34. The fraction of sp³-hybridized carbons (Fsp3) is 0.647. The Bertz CT molecular complexity index is 545. The molecule has 6 nitrogen and oxygen atoms in total. The summed E-state index contributed by atoms with van der Waals surface area (Å²) in [6.45, 7) is 6.79. The van der Waals surface area contributed by atoms with E-state index in [-0.39, 0.29) is 23.2 Å². The van der Waals surface area contributed by atoms with E-state index < -0.39 is 11.9 Å². The average Bonchev–Trinajstić information content (AvgIpc) is 2.73. The Morgan fingerprint density at radius 1 is 1.52 bits per heavy atom. The van der Waals surface area contributed by atoms with E-state index in [1.165, 1.54) is 0 Å².